The van der Waals surface area contributed by atoms with Crippen LogP contribution in [-0.2, 0) is 32.7 Å². The highest BCUT2D eigenvalue weighted by Crippen LogP contribution is 2.43. The number of phosphoric acid groups is 1. The van der Waals surface area contributed by atoms with Crippen LogP contribution in [0.4, 0.5) is 0 Å². The Balaban J connectivity index is 4.35. The highest BCUT2D eigenvalue weighted by molar-refractivity contribution is 7.47. The standard InChI is InChI=1S/C44H86NO8P/c1-6-8-10-12-14-16-18-20-22-24-26-28-30-32-34-36-43(46)50-40-42(41-52-54(48,49)51-39-38-45(3,4)5)53-44(47)37-35-33-31-29-27-25-23-21-19-17-15-13-11-9-7-2/h27,29,42H,6-26,28,30-41H2,1-5H3/p+1/b29-27+/t42-/m1/s1. The van der Waals surface area contributed by atoms with E-state index >= 15 is 0 Å². The molecule has 0 saturated carbocycles. The second-order valence-electron chi connectivity index (χ2n) is 16.4. The fourth-order valence-electron chi connectivity index (χ4n) is 6.24. The SMILES string of the molecule is CCCCCCCCCCC/C=C/CCCCC(=O)O[C@H](COC(=O)CCCCCCCCCCCCCCCCC)COP(=O)(O)OCC[N+](C)(C)C. The van der Waals surface area contributed by atoms with Gasteiger partial charge in [0.05, 0.1) is 27.7 Å². The molecule has 0 bridgehead atoms. The van der Waals surface area contributed by atoms with E-state index in [2.05, 4.69) is 26.0 Å². The van der Waals surface area contributed by atoms with Crippen LogP contribution >= 0.6 is 7.82 Å². The van der Waals surface area contributed by atoms with Crippen LogP contribution in [0.1, 0.15) is 206 Å². The monoisotopic (exact) mass is 789 g/mol. The van der Waals surface area contributed by atoms with Gasteiger partial charge in [-0.25, -0.2) is 4.57 Å². The highest BCUT2D eigenvalue weighted by Gasteiger charge is 2.27. The summed E-state index contributed by atoms with van der Waals surface area (Å²) in [5.41, 5.74) is 0. The lowest BCUT2D eigenvalue weighted by molar-refractivity contribution is -0.870. The summed E-state index contributed by atoms with van der Waals surface area (Å²) in [7, 11) is 1.47. The molecule has 0 aromatic heterocycles. The number of quaternary nitrogens is 1. The van der Waals surface area contributed by atoms with Gasteiger partial charge in [-0.05, 0) is 38.5 Å². The molecule has 0 aliphatic heterocycles. The van der Waals surface area contributed by atoms with Crippen molar-refractivity contribution in [1.29, 1.82) is 0 Å². The van der Waals surface area contributed by atoms with Crippen LogP contribution in [0.2, 0.25) is 0 Å². The van der Waals surface area contributed by atoms with Gasteiger partial charge in [0.1, 0.15) is 19.8 Å². The van der Waals surface area contributed by atoms with Crippen molar-refractivity contribution in [2.45, 2.75) is 213 Å². The van der Waals surface area contributed by atoms with Crippen molar-refractivity contribution in [3.05, 3.63) is 12.2 Å². The molecule has 2 atom stereocenters. The number of rotatable bonds is 41. The molecule has 0 rings (SSSR count). The van der Waals surface area contributed by atoms with Crippen LogP contribution in [0.15, 0.2) is 12.2 Å². The molecule has 0 aromatic carbocycles. The van der Waals surface area contributed by atoms with Crippen molar-refractivity contribution in [2.75, 3.05) is 47.5 Å². The molecule has 0 aromatic rings. The minimum absolute atomic E-state index is 0.0314. The van der Waals surface area contributed by atoms with E-state index < -0.39 is 26.5 Å². The fraction of sp³-hybridized carbons (Fsp3) is 0.909. The summed E-state index contributed by atoms with van der Waals surface area (Å²) in [4.78, 5) is 35.3. The molecule has 1 N–H and O–H groups in total. The molecule has 54 heavy (non-hydrogen) atoms. The summed E-state index contributed by atoms with van der Waals surface area (Å²) in [6.07, 6.45) is 38.3. The second-order valence-corrected chi connectivity index (χ2v) is 17.9. The number of likely N-dealkylation sites (N-methyl/N-ethyl adjacent to an activating group) is 1. The largest absolute Gasteiger partial charge is 0.472 e. The summed E-state index contributed by atoms with van der Waals surface area (Å²) in [6.45, 7) is 4.42. The first-order valence-electron chi connectivity index (χ1n) is 22.4. The summed E-state index contributed by atoms with van der Waals surface area (Å²) in [5, 5.41) is 0. The first-order chi connectivity index (χ1) is 26.0. The number of allylic oxidation sites excluding steroid dienone is 2. The third-order valence-corrected chi connectivity index (χ3v) is 10.8. The topological polar surface area (TPSA) is 108 Å². The van der Waals surface area contributed by atoms with Gasteiger partial charge in [0.25, 0.3) is 0 Å². The second kappa shape index (κ2) is 37.3. The van der Waals surface area contributed by atoms with Gasteiger partial charge in [-0.15, -0.1) is 0 Å². The van der Waals surface area contributed by atoms with Crippen molar-refractivity contribution in [3.63, 3.8) is 0 Å². The Labute approximate surface area is 333 Å². The van der Waals surface area contributed by atoms with Crippen LogP contribution in [0, 0.1) is 0 Å². The number of ether oxygens (including phenoxy) is 2. The minimum Gasteiger partial charge on any atom is -0.462 e. The van der Waals surface area contributed by atoms with Crippen molar-refractivity contribution < 1.29 is 42.1 Å². The molecular weight excluding hydrogens is 701 g/mol. The molecule has 0 saturated heterocycles. The third-order valence-electron chi connectivity index (χ3n) is 9.80. The molecule has 0 aliphatic carbocycles. The van der Waals surface area contributed by atoms with Gasteiger partial charge in [0.2, 0.25) is 0 Å². The Morgan fingerprint density at radius 2 is 0.944 bits per heavy atom. The van der Waals surface area contributed by atoms with Crippen LogP contribution in [0.25, 0.3) is 0 Å². The molecule has 10 heteroatoms. The van der Waals surface area contributed by atoms with Gasteiger partial charge in [-0.2, -0.15) is 0 Å². The number of nitrogens with zero attached hydrogens (tertiary/aromatic N) is 1. The van der Waals surface area contributed by atoms with E-state index in [-0.39, 0.29) is 25.6 Å². The van der Waals surface area contributed by atoms with E-state index in [0.29, 0.717) is 23.9 Å². The Morgan fingerprint density at radius 3 is 1.41 bits per heavy atom. The first kappa shape index (κ1) is 52.8. The van der Waals surface area contributed by atoms with Crippen molar-refractivity contribution in [2.24, 2.45) is 0 Å². The van der Waals surface area contributed by atoms with E-state index in [0.717, 1.165) is 38.5 Å². The molecule has 320 valence electrons. The summed E-state index contributed by atoms with van der Waals surface area (Å²) >= 11 is 0. The molecule has 0 aliphatic rings. The molecular formula is C44H87NO8P+. The quantitative estimate of drug-likeness (QED) is 0.0214. The normalized spacial score (nSPS) is 13.7. The van der Waals surface area contributed by atoms with Gasteiger partial charge >= 0.3 is 19.8 Å². The average molecular weight is 789 g/mol. The lowest BCUT2D eigenvalue weighted by atomic mass is 10.0. The van der Waals surface area contributed by atoms with Gasteiger partial charge in [-0.3, -0.25) is 18.6 Å². The summed E-state index contributed by atoms with van der Waals surface area (Å²) < 4.78 is 34.3. The predicted molar refractivity (Wildman–Crippen MR) is 224 cm³/mol. The zero-order valence-corrected chi connectivity index (χ0v) is 36.9. The highest BCUT2D eigenvalue weighted by atomic mass is 31.2. The van der Waals surface area contributed by atoms with E-state index in [1.165, 1.54) is 135 Å². The molecule has 0 radical (unpaired) electrons. The van der Waals surface area contributed by atoms with Gasteiger partial charge in [0, 0.05) is 12.8 Å². The number of hydrogen-bond donors (Lipinski definition) is 1. The molecule has 0 spiro atoms. The first-order valence-corrected chi connectivity index (χ1v) is 23.9. The van der Waals surface area contributed by atoms with E-state index in [1.807, 2.05) is 21.1 Å². The maximum absolute atomic E-state index is 12.7. The van der Waals surface area contributed by atoms with E-state index in [1.54, 1.807) is 0 Å². The summed E-state index contributed by atoms with van der Waals surface area (Å²) in [6, 6.07) is 0. The Bertz CT molecular complexity index is 938. The maximum Gasteiger partial charge on any atom is 0.472 e. The number of carbonyl (C=O) groups excluding carboxylic acids is 2. The van der Waals surface area contributed by atoms with E-state index in [9.17, 15) is 19.0 Å². The molecule has 0 fully saturated rings. The number of esters is 2. The Hall–Kier alpha value is -1.25. The Kier molecular flexibility index (Phi) is 36.5. The fourth-order valence-corrected chi connectivity index (χ4v) is 6.99. The minimum atomic E-state index is -4.37. The zero-order valence-electron chi connectivity index (χ0n) is 36.0. The van der Waals surface area contributed by atoms with Crippen molar-refractivity contribution >= 4 is 19.8 Å². The average Bonchev–Trinajstić information content (AvgIpc) is 3.12. The Morgan fingerprint density at radius 1 is 0.556 bits per heavy atom. The van der Waals surface area contributed by atoms with Gasteiger partial charge < -0.3 is 18.9 Å². The predicted octanol–water partition coefficient (Wildman–Crippen LogP) is 12.6. The van der Waals surface area contributed by atoms with Crippen molar-refractivity contribution in [1.82, 2.24) is 0 Å². The van der Waals surface area contributed by atoms with Crippen LogP contribution in [0.5, 0.6) is 0 Å². The van der Waals surface area contributed by atoms with Crippen LogP contribution in [-0.4, -0.2) is 74.9 Å². The lowest BCUT2D eigenvalue weighted by Gasteiger charge is -2.24. The summed E-state index contributed by atoms with van der Waals surface area (Å²) in [5.74, 6) is -0.814. The number of carbonyl (C=O) groups is 2. The molecule has 0 amide bonds. The zero-order chi connectivity index (χ0) is 40.0. The molecule has 1 unspecified atom stereocenters. The van der Waals surface area contributed by atoms with Crippen LogP contribution in [0.3, 0.4) is 0 Å². The molecule has 0 heterocycles. The van der Waals surface area contributed by atoms with Gasteiger partial charge in [-0.1, -0.05) is 167 Å². The van der Waals surface area contributed by atoms with Crippen LogP contribution < -0.4 is 0 Å². The number of hydrogen-bond acceptors (Lipinski definition) is 7. The third kappa shape index (κ3) is 40.4. The molecule has 9 nitrogen and oxygen atoms in total. The van der Waals surface area contributed by atoms with Gasteiger partial charge in [0.15, 0.2) is 6.10 Å². The van der Waals surface area contributed by atoms with Crippen molar-refractivity contribution in [3.8, 4) is 0 Å². The number of unbranched alkanes of at least 4 members (excludes halogenated alkanes) is 25. The number of phosphoric ester groups is 1. The maximum atomic E-state index is 12.7. The van der Waals surface area contributed by atoms with E-state index in [4.69, 9.17) is 18.5 Å². The smallest absolute Gasteiger partial charge is 0.462 e. The lowest BCUT2D eigenvalue weighted by Crippen LogP contribution is -2.37.